The van der Waals surface area contributed by atoms with E-state index in [0.717, 1.165) is 73.9 Å². The maximum atomic E-state index is 12.4. The molecule has 1 aromatic carbocycles. The summed E-state index contributed by atoms with van der Waals surface area (Å²) in [6.45, 7) is 2.44. The Labute approximate surface area is 186 Å². The van der Waals surface area contributed by atoms with Gasteiger partial charge in [-0.1, -0.05) is 30.9 Å². The van der Waals surface area contributed by atoms with Crippen molar-refractivity contribution in [3.63, 3.8) is 0 Å². The van der Waals surface area contributed by atoms with Gasteiger partial charge >= 0.3 is 6.03 Å². The number of carbonyl (C=O) groups is 2. The first-order valence-corrected chi connectivity index (χ1v) is 11.7. The number of furan rings is 1. The summed E-state index contributed by atoms with van der Waals surface area (Å²) in [7, 11) is 1.70. The highest BCUT2D eigenvalue weighted by molar-refractivity contribution is 6.35. The van der Waals surface area contributed by atoms with Crippen molar-refractivity contribution in [3.8, 4) is 0 Å². The normalized spacial score (nSPS) is 21.5. The molecule has 0 atom stereocenters. The standard InChI is InChI=1S/C23H29ClN4O3/c1-25-21(29)14-5-9-28(10-6-14)13-16-11-15-12-17(24)19-18(20(15)31-16)23(27-22(30)26-19)7-3-2-4-8-23/h11-12,14H,2-10,13H2,1H3,(H,25,29)(H2,26,27,30). The Kier molecular flexibility index (Phi) is 5.34. The maximum absolute atomic E-state index is 12.4. The van der Waals surface area contributed by atoms with Gasteiger partial charge in [0, 0.05) is 23.9 Å². The first-order chi connectivity index (χ1) is 15.0. The minimum absolute atomic E-state index is 0.101. The lowest BCUT2D eigenvalue weighted by Gasteiger charge is -2.42. The van der Waals surface area contributed by atoms with Crippen LogP contribution < -0.4 is 16.0 Å². The van der Waals surface area contributed by atoms with Crippen LogP contribution in [0.4, 0.5) is 10.5 Å². The zero-order valence-electron chi connectivity index (χ0n) is 17.9. The molecule has 8 heteroatoms. The Bertz CT molecular complexity index is 1020. The lowest BCUT2D eigenvalue weighted by molar-refractivity contribution is -0.125. The van der Waals surface area contributed by atoms with E-state index in [4.69, 9.17) is 16.0 Å². The van der Waals surface area contributed by atoms with Crippen molar-refractivity contribution >= 4 is 40.2 Å². The highest BCUT2D eigenvalue weighted by Crippen LogP contribution is 2.49. The van der Waals surface area contributed by atoms with Crippen LogP contribution in [0, 0.1) is 5.92 Å². The summed E-state index contributed by atoms with van der Waals surface area (Å²) in [5.74, 6) is 1.13. The summed E-state index contributed by atoms with van der Waals surface area (Å²) in [5, 5.41) is 10.4. The average molecular weight is 445 g/mol. The minimum atomic E-state index is -0.417. The molecule has 0 radical (unpaired) electrons. The van der Waals surface area contributed by atoms with Crippen LogP contribution in [0.3, 0.4) is 0 Å². The van der Waals surface area contributed by atoms with E-state index in [1.807, 2.05) is 6.07 Å². The monoisotopic (exact) mass is 444 g/mol. The van der Waals surface area contributed by atoms with Gasteiger partial charge in [0.15, 0.2) is 0 Å². The van der Waals surface area contributed by atoms with Crippen LogP contribution in [-0.4, -0.2) is 37.0 Å². The van der Waals surface area contributed by atoms with Gasteiger partial charge in [-0.3, -0.25) is 9.69 Å². The number of nitrogens with one attached hydrogen (secondary N) is 3. The van der Waals surface area contributed by atoms with Crippen LogP contribution in [0.15, 0.2) is 16.5 Å². The molecule has 1 aromatic heterocycles. The number of anilines is 1. The molecule has 1 aliphatic carbocycles. The lowest BCUT2D eigenvalue weighted by Crippen LogP contribution is -2.52. The molecule has 2 aliphatic heterocycles. The van der Waals surface area contributed by atoms with Gasteiger partial charge in [-0.15, -0.1) is 0 Å². The Morgan fingerprint density at radius 3 is 2.71 bits per heavy atom. The SMILES string of the molecule is CNC(=O)C1CCN(Cc2cc3cc(Cl)c4c(c3o2)C2(CCCCC2)NC(=O)N4)CC1. The third-order valence-electron chi connectivity index (χ3n) is 7.17. The van der Waals surface area contributed by atoms with Crippen molar-refractivity contribution in [2.75, 3.05) is 25.5 Å². The minimum Gasteiger partial charge on any atom is -0.459 e. The molecule has 0 unspecified atom stereocenters. The van der Waals surface area contributed by atoms with E-state index in [0.29, 0.717) is 17.3 Å². The molecule has 5 rings (SSSR count). The maximum Gasteiger partial charge on any atom is 0.319 e. The summed E-state index contributed by atoms with van der Waals surface area (Å²) >= 11 is 6.62. The number of hydrogen-bond acceptors (Lipinski definition) is 4. The fourth-order valence-electron chi connectivity index (χ4n) is 5.59. The molecular weight excluding hydrogens is 416 g/mol. The second-order valence-electron chi connectivity index (χ2n) is 9.13. The van der Waals surface area contributed by atoms with Crippen molar-refractivity contribution in [2.24, 2.45) is 5.92 Å². The zero-order chi connectivity index (χ0) is 21.6. The largest absolute Gasteiger partial charge is 0.459 e. The molecule has 3 heterocycles. The van der Waals surface area contributed by atoms with E-state index < -0.39 is 5.54 Å². The number of rotatable bonds is 3. The number of amides is 3. The van der Waals surface area contributed by atoms with E-state index in [-0.39, 0.29) is 17.9 Å². The molecule has 2 fully saturated rings. The number of piperidine rings is 1. The average Bonchev–Trinajstić information content (AvgIpc) is 3.15. The number of hydrogen-bond donors (Lipinski definition) is 3. The molecular formula is C23H29ClN4O3. The molecule has 2 aromatic rings. The highest BCUT2D eigenvalue weighted by atomic mass is 35.5. The summed E-state index contributed by atoms with van der Waals surface area (Å²) in [6, 6.07) is 3.77. The van der Waals surface area contributed by atoms with Crippen molar-refractivity contribution < 1.29 is 14.0 Å². The van der Waals surface area contributed by atoms with Crippen LogP contribution >= 0.6 is 11.6 Å². The molecule has 31 heavy (non-hydrogen) atoms. The smallest absolute Gasteiger partial charge is 0.319 e. The summed E-state index contributed by atoms with van der Waals surface area (Å²) < 4.78 is 6.41. The van der Waals surface area contributed by atoms with Gasteiger partial charge in [0.1, 0.15) is 11.3 Å². The number of nitrogens with zero attached hydrogens (tertiary/aromatic N) is 1. The first kappa shape index (κ1) is 20.6. The van der Waals surface area contributed by atoms with Crippen LogP contribution in [0.1, 0.15) is 56.3 Å². The number of likely N-dealkylation sites (tertiary alicyclic amines) is 1. The van der Waals surface area contributed by atoms with E-state index in [2.05, 4.69) is 26.9 Å². The third kappa shape index (κ3) is 3.68. The summed E-state index contributed by atoms with van der Waals surface area (Å²) in [5.41, 5.74) is 2.09. The van der Waals surface area contributed by atoms with Gasteiger partial charge in [0.2, 0.25) is 5.91 Å². The topological polar surface area (TPSA) is 86.6 Å². The molecule has 3 aliphatic rings. The molecule has 7 nitrogen and oxygen atoms in total. The van der Waals surface area contributed by atoms with Gasteiger partial charge in [0.05, 0.1) is 22.8 Å². The molecule has 0 bridgehead atoms. The third-order valence-corrected chi connectivity index (χ3v) is 7.47. The second kappa shape index (κ2) is 8.02. The van der Waals surface area contributed by atoms with Gasteiger partial charge < -0.3 is 20.4 Å². The zero-order valence-corrected chi connectivity index (χ0v) is 18.6. The second-order valence-corrected chi connectivity index (χ2v) is 9.53. The van der Waals surface area contributed by atoms with E-state index in [1.165, 1.54) is 6.42 Å². The van der Waals surface area contributed by atoms with Crippen molar-refractivity contribution in [1.29, 1.82) is 0 Å². The fraction of sp³-hybridized carbons (Fsp3) is 0.565. The number of urea groups is 1. The molecule has 1 saturated heterocycles. The van der Waals surface area contributed by atoms with Gasteiger partial charge in [0.25, 0.3) is 0 Å². The summed E-state index contributed by atoms with van der Waals surface area (Å²) in [6.07, 6.45) is 6.83. The number of fused-ring (bicyclic) bond motifs is 4. The summed E-state index contributed by atoms with van der Waals surface area (Å²) in [4.78, 5) is 26.6. The Balaban J connectivity index is 1.45. The van der Waals surface area contributed by atoms with E-state index in [1.54, 1.807) is 7.05 Å². The van der Waals surface area contributed by atoms with Crippen LogP contribution in [0.2, 0.25) is 5.02 Å². The predicted octanol–water partition coefficient (Wildman–Crippen LogP) is 4.34. The molecule has 1 spiro atoms. The van der Waals surface area contributed by atoms with Crippen molar-refractivity contribution in [1.82, 2.24) is 15.5 Å². The molecule has 1 saturated carbocycles. The van der Waals surface area contributed by atoms with Crippen LogP contribution in [-0.2, 0) is 16.9 Å². The highest BCUT2D eigenvalue weighted by Gasteiger charge is 2.43. The molecule has 3 N–H and O–H groups in total. The number of benzene rings is 1. The Morgan fingerprint density at radius 1 is 1.26 bits per heavy atom. The van der Waals surface area contributed by atoms with E-state index >= 15 is 0 Å². The van der Waals surface area contributed by atoms with Crippen molar-refractivity contribution in [3.05, 3.63) is 28.5 Å². The number of halogens is 1. The van der Waals surface area contributed by atoms with E-state index in [9.17, 15) is 9.59 Å². The van der Waals surface area contributed by atoms with Crippen molar-refractivity contribution in [2.45, 2.75) is 57.0 Å². The Hall–Kier alpha value is -2.25. The molecule has 166 valence electrons. The van der Waals surface area contributed by atoms with Crippen LogP contribution in [0.5, 0.6) is 0 Å². The lowest BCUT2D eigenvalue weighted by atomic mass is 9.74. The number of carbonyl (C=O) groups excluding carboxylic acids is 2. The van der Waals surface area contributed by atoms with Gasteiger partial charge in [-0.25, -0.2) is 4.79 Å². The quantitative estimate of drug-likeness (QED) is 0.657. The predicted molar refractivity (Wildman–Crippen MR) is 120 cm³/mol. The fourth-order valence-corrected chi connectivity index (χ4v) is 5.85. The Morgan fingerprint density at radius 2 is 2.00 bits per heavy atom. The van der Waals surface area contributed by atoms with Crippen LogP contribution in [0.25, 0.3) is 11.0 Å². The van der Waals surface area contributed by atoms with Gasteiger partial charge in [-0.2, -0.15) is 0 Å². The first-order valence-electron chi connectivity index (χ1n) is 11.3. The molecule has 3 amide bonds. The van der Waals surface area contributed by atoms with Gasteiger partial charge in [-0.05, 0) is 50.9 Å².